The molecule has 2 heterocycles. The van der Waals surface area contributed by atoms with Crippen LogP contribution < -0.4 is 5.32 Å². The average molecular weight is 230 g/mol. The molecule has 86 valence electrons. The van der Waals surface area contributed by atoms with Crippen molar-refractivity contribution in [1.29, 1.82) is 0 Å². The number of morpholine rings is 1. The first-order valence-electron chi connectivity index (χ1n) is 5.46. The molecule has 1 amide bonds. The van der Waals surface area contributed by atoms with Crippen molar-refractivity contribution in [2.75, 3.05) is 38.2 Å². The van der Waals surface area contributed by atoms with Crippen molar-refractivity contribution in [2.24, 2.45) is 0 Å². The van der Waals surface area contributed by atoms with E-state index < -0.39 is 0 Å². The molecule has 2 fully saturated rings. The fourth-order valence-electron chi connectivity index (χ4n) is 1.96. The first-order valence-corrected chi connectivity index (χ1v) is 6.61. The van der Waals surface area contributed by atoms with Gasteiger partial charge in [-0.1, -0.05) is 0 Å². The number of rotatable bonds is 2. The Kier molecular flexibility index (Phi) is 3.88. The van der Waals surface area contributed by atoms with E-state index in [4.69, 9.17) is 4.74 Å². The highest BCUT2D eigenvalue weighted by Crippen LogP contribution is 2.22. The van der Waals surface area contributed by atoms with Gasteiger partial charge in [-0.2, -0.15) is 11.8 Å². The minimum absolute atomic E-state index is 0.134. The number of thioether (sulfide) groups is 1. The summed E-state index contributed by atoms with van der Waals surface area (Å²) in [4.78, 5) is 13.9. The van der Waals surface area contributed by atoms with Gasteiger partial charge in [-0.05, 0) is 12.2 Å². The maximum absolute atomic E-state index is 12.0. The molecule has 1 unspecified atom stereocenters. The fraction of sp³-hybridized carbons (Fsp3) is 0.900. The van der Waals surface area contributed by atoms with Crippen molar-refractivity contribution in [2.45, 2.75) is 18.6 Å². The third-order valence-electron chi connectivity index (χ3n) is 3.00. The maximum atomic E-state index is 12.0. The Hall–Kier alpha value is -0.260. The Balaban J connectivity index is 1.87. The Morgan fingerprint density at radius 1 is 1.60 bits per heavy atom. The smallest absolute Gasteiger partial charge is 0.253 e. The Morgan fingerprint density at radius 3 is 3.07 bits per heavy atom. The van der Waals surface area contributed by atoms with E-state index in [0.29, 0.717) is 19.2 Å². The number of nitrogens with zero attached hydrogens (tertiary/aromatic N) is 1. The largest absolute Gasteiger partial charge is 0.366 e. The molecule has 15 heavy (non-hydrogen) atoms. The van der Waals surface area contributed by atoms with E-state index in [2.05, 4.69) is 5.32 Å². The van der Waals surface area contributed by atoms with E-state index in [-0.39, 0.29) is 12.0 Å². The molecule has 0 spiro atoms. The zero-order chi connectivity index (χ0) is 10.7. The van der Waals surface area contributed by atoms with Crippen LogP contribution in [0.5, 0.6) is 0 Å². The number of likely N-dealkylation sites (N-methyl/N-ethyl adjacent to an activating group) is 1. The average Bonchev–Trinajstić information content (AvgIpc) is 2.82. The van der Waals surface area contributed by atoms with Crippen LogP contribution in [-0.2, 0) is 9.53 Å². The number of hydrogen-bond acceptors (Lipinski definition) is 4. The van der Waals surface area contributed by atoms with Crippen LogP contribution in [0.4, 0.5) is 0 Å². The molecule has 4 nitrogen and oxygen atoms in total. The van der Waals surface area contributed by atoms with Crippen molar-refractivity contribution < 1.29 is 9.53 Å². The van der Waals surface area contributed by atoms with E-state index in [1.165, 1.54) is 5.75 Å². The van der Waals surface area contributed by atoms with Crippen LogP contribution in [0.2, 0.25) is 0 Å². The standard InChI is InChI=1S/C10H18N2O2S/c1-12(8-2-5-15-7-8)10(13)9-6-11-3-4-14-9/h8-9,11H,2-7H2,1H3/t8?,9-/m1/s1. The summed E-state index contributed by atoms with van der Waals surface area (Å²) >= 11 is 1.92. The fourth-order valence-corrected chi connectivity index (χ4v) is 3.23. The summed E-state index contributed by atoms with van der Waals surface area (Å²) in [5, 5.41) is 3.18. The molecule has 2 rings (SSSR count). The molecule has 0 radical (unpaired) electrons. The highest BCUT2D eigenvalue weighted by Gasteiger charge is 2.30. The van der Waals surface area contributed by atoms with Gasteiger partial charge < -0.3 is 15.0 Å². The number of hydrogen-bond donors (Lipinski definition) is 1. The van der Waals surface area contributed by atoms with Gasteiger partial charge in [0.2, 0.25) is 0 Å². The summed E-state index contributed by atoms with van der Waals surface area (Å²) in [6.07, 6.45) is 0.849. The van der Waals surface area contributed by atoms with Gasteiger partial charge >= 0.3 is 0 Å². The summed E-state index contributed by atoms with van der Waals surface area (Å²) in [5.74, 6) is 2.38. The van der Waals surface area contributed by atoms with Gasteiger partial charge in [-0.25, -0.2) is 0 Å². The molecule has 0 bridgehead atoms. The molecule has 2 saturated heterocycles. The molecule has 1 N–H and O–H groups in total. The maximum Gasteiger partial charge on any atom is 0.253 e. The number of carbonyl (C=O) groups excluding carboxylic acids is 1. The molecular formula is C10H18N2O2S. The zero-order valence-electron chi connectivity index (χ0n) is 9.07. The van der Waals surface area contributed by atoms with Gasteiger partial charge in [0.1, 0.15) is 6.10 Å². The van der Waals surface area contributed by atoms with Crippen LogP contribution in [0.1, 0.15) is 6.42 Å². The first kappa shape index (κ1) is 11.2. The summed E-state index contributed by atoms with van der Waals surface area (Å²) in [6, 6.07) is 0.410. The second-order valence-electron chi connectivity index (χ2n) is 4.03. The molecule has 0 aliphatic carbocycles. The van der Waals surface area contributed by atoms with Crippen molar-refractivity contribution in [3.8, 4) is 0 Å². The Labute approximate surface area is 94.7 Å². The van der Waals surface area contributed by atoms with Gasteiger partial charge in [-0.3, -0.25) is 4.79 Å². The number of ether oxygens (including phenoxy) is 1. The van der Waals surface area contributed by atoms with E-state index in [1.807, 2.05) is 23.7 Å². The lowest BCUT2D eigenvalue weighted by Gasteiger charge is -2.30. The van der Waals surface area contributed by atoms with Crippen molar-refractivity contribution in [3.05, 3.63) is 0 Å². The van der Waals surface area contributed by atoms with Crippen LogP contribution >= 0.6 is 11.8 Å². The predicted molar refractivity (Wildman–Crippen MR) is 61.1 cm³/mol. The third-order valence-corrected chi connectivity index (χ3v) is 4.15. The number of carbonyl (C=O) groups is 1. The molecule has 5 heteroatoms. The van der Waals surface area contributed by atoms with Crippen molar-refractivity contribution >= 4 is 17.7 Å². The van der Waals surface area contributed by atoms with Crippen LogP contribution in [0.15, 0.2) is 0 Å². The SMILES string of the molecule is CN(C(=O)[C@H]1CNCCO1)C1CCSC1. The first-order chi connectivity index (χ1) is 7.29. The lowest BCUT2D eigenvalue weighted by Crippen LogP contribution is -2.51. The lowest BCUT2D eigenvalue weighted by molar-refractivity contribution is -0.145. The van der Waals surface area contributed by atoms with Crippen molar-refractivity contribution in [1.82, 2.24) is 10.2 Å². The van der Waals surface area contributed by atoms with Gasteiger partial charge in [0.05, 0.1) is 6.61 Å². The van der Waals surface area contributed by atoms with E-state index in [1.54, 1.807) is 0 Å². The minimum atomic E-state index is -0.269. The van der Waals surface area contributed by atoms with Crippen LogP contribution in [-0.4, -0.2) is 61.2 Å². The number of amides is 1. The normalized spacial score (nSPS) is 31.5. The van der Waals surface area contributed by atoms with Crippen LogP contribution in [0.3, 0.4) is 0 Å². The summed E-state index contributed by atoms with van der Waals surface area (Å²) < 4.78 is 5.46. The lowest BCUT2D eigenvalue weighted by atomic mass is 10.2. The third kappa shape index (κ3) is 2.65. The summed E-state index contributed by atoms with van der Waals surface area (Å²) in [5.41, 5.74) is 0. The molecule has 0 aromatic heterocycles. The summed E-state index contributed by atoms with van der Waals surface area (Å²) in [6.45, 7) is 2.15. The zero-order valence-corrected chi connectivity index (χ0v) is 9.89. The molecule has 0 aromatic carbocycles. The molecule has 2 aliphatic heterocycles. The van der Waals surface area contributed by atoms with E-state index >= 15 is 0 Å². The van der Waals surface area contributed by atoms with Crippen LogP contribution in [0.25, 0.3) is 0 Å². The van der Waals surface area contributed by atoms with Crippen molar-refractivity contribution in [3.63, 3.8) is 0 Å². The van der Waals surface area contributed by atoms with E-state index in [9.17, 15) is 4.79 Å². The van der Waals surface area contributed by atoms with Crippen LogP contribution in [0, 0.1) is 0 Å². The molecule has 2 aliphatic rings. The molecule has 0 saturated carbocycles. The molecule has 2 atom stereocenters. The van der Waals surface area contributed by atoms with Gasteiger partial charge in [0.25, 0.3) is 5.91 Å². The Bertz CT molecular complexity index is 225. The van der Waals surface area contributed by atoms with Gasteiger partial charge in [0, 0.05) is 31.9 Å². The quantitative estimate of drug-likeness (QED) is 0.721. The highest BCUT2D eigenvalue weighted by molar-refractivity contribution is 7.99. The number of nitrogens with one attached hydrogen (secondary N) is 1. The topological polar surface area (TPSA) is 41.6 Å². The predicted octanol–water partition coefficient (Wildman–Crippen LogP) is -0.0613. The summed E-state index contributed by atoms with van der Waals surface area (Å²) in [7, 11) is 1.90. The van der Waals surface area contributed by atoms with E-state index in [0.717, 1.165) is 18.7 Å². The molecular weight excluding hydrogens is 212 g/mol. The minimum Gasteiger partial charge on any atom is -0.366 e. The monoisotopic (exact) mass is 230 g/mol. The van der Waals surface area contributed by atoms with Gasteiger partial charge in [0.15, 0.2) is 0 Å². The molecule has 0 aromatic rings. The second-order valence-corrected chi connectivity index (χ2v) is 5.18. The highest BCUT2D eigenvalue weighted by atomic mass is 32.2. The van der Waals surface area contributed by atoms with Gasteiger partial charge in [-0.15, -0.1) is 0 Å². The Morgan fingerprint density at radius 2 is 2.47 bits per heavy atom. The second kappa shape index (κ2) is 5.18.